The third kappa shape index (κ3) is 0.919. The number of nitrogens with zero attached hydrogens (tertiary/aromatic N) is 3. The average Bonchev–Trinajstić information content (AvgIpc) is 2.14. The molecule has 0 saturated carbocycles. The normalized spacial score (nSPS) is 9.25. The smallest absolute Gasteiger partial charge is 0.139 e. The summed E-state index contributed by atoms with van der Waals surface area (Å²) in [6.07, 6.45) is 1.56. The largest absolute Gasteiger partial charge is 0.399 e. The number of hydrogen-bond acceptors (Lipinski definition) is 4. The van der Waals surface area contributed by atoms with E-state index in [0.717, 1.165) is 0 Å². The molecule has 1 rings (SSSR count). The van der Waals surface area contributed by atoms with Crippen LogP contribution in [0.5, 0.6) is 0 Å². The lowest BCUT2D eigenvalue weighted by molar-refractivity contribution is 0.128. The molecule has 0 spiro atoms. The predicted octanol–water partition coefficient (Wildman–Crippen LogP) is -0.375. The maximum Gasteiger partial charge on any atom is 0.139 e. The maximum absolute atomic E-state index is 4.63. The quantitative estimate of drug-likeness (QED) is 0.528. The lowest BCUT2D eigenvalue weighted by atomic mass is 10.9. The highest BCUT2D eigenvalue weighted by Crippen LogP contribution is 1.93. The van der Waals surface area contributed by atoms with Gasteiger partial charge in [0, 0.05) is 0 Å². The molecule has 0 N–H and O–H groups in total. The van der Waals surface area contributed by atoms with Gasteiger partial charge in [-0.25, -0.2) is 0 Å². The van der Waals surface area contributed by atoms with E-state index in [0.29, 0.717) is 5.03 Å². The van der Waals surface area contributed by atoms with E-state index in [-0.39, 0.29) is 0 Å². The molecule has 1 aromatic rings. The molecule has 8 heavy (non-hydrogen) atoms. The Labute approximate surface area is 51.8 Å². The molecule has 0 aliphatic heterocycles. The zero-order valence-corrected chi connectivity index (χ0v) is 5.17. The highest BCUT2D eigenvalue weighted by molar-refractivity contribution is 7.80. The van der Waals surface area contributed by atoms with Crippen LogP contribution in [-0.2, 0) is 0 Å². The van der Waals surface area contributed by atoms with Gasteiger partial charge in [-0.2, -0.15) is 0 Å². The van der Waals surface area contributed by atoms with Crippen molar-refractivity contribution >= 4 is 12.6 Å². The van der Waals surface area contributed by atoms with Crippen molar-refractivity contribution in [3.05, 3.63) is 6.20 Å². The molecule has 1 heterocycles. The molecule has 0 bridgehead atoms. The first-order valence-corrected chi connectivity index (χ1v) is 2.43. The summed E-state index contributed by atoms with van der Waals surface area (Å²) in [6, 6.07) is 0. The molecule has 4 nitrogen and oxygen atoms in total. The van der Waals surface area contributed by atoms with Crippen LogP contribution in [0.3, 0.4) is 0 Å². The van der Waals surface area contributed by atoms with E-state index in [1.807, 2.05) is 0 Å². The molecule has 44 valence electrons. The van der Waals surface area contributed by atoms with Gasteiger partial charge in [-0.05, 0) is 5.21 Å². The van der Waals surface area contributed by atoms with Gasteiger partial charge in [0.2, 0.25) is 0 Å². The van der Waals surface area contributed by atoms with E-state index in [1.54, 1.807) is 6.20 Å². The van der Waals surface area contributed by atoms with E-state index in [9.17, 15) is 0 Å². The van der Waals surface area contributed by atoms with Crippen LogP contribution in [0.25, 0.3) is 0 Å². The van der Waals surface area contributed by atoms with E-state index in [2.05, 4.69) is 27.8 Å². The van der Waals surface area contributed by atoms with Gasteiger partial charge in [-0.1, -0.05) is 4.85 Å². The Bertz CT molecular complexity index is 175. The van der Waals surface area contributed by atoms with Crippen LogP contribution in [-0.4, -0.2) is 22.3 Å². The van der Waals surface area contributed by atoms with Crippen molar-refractivity contribution < 1.29 is 4.84 Å². The molecule has 1 aromatic heterocycles. The first-order chi connectivity index (χ1) is 3.83. The van der Waals surface area contributed by atoms with E-state index in [1.165, 1.54) is 12.0 Å². The fraction of sp³-hybridized carbons (Fsp3) is 0.333. The molecule has 0 fully saturated rings. The molecule has 0 amide bonds. The lowest BCUT2D eigenvalue weighted by Crippen LogP contribution is -2.05. The Balaban J connectivity index is 2.84. The Hall–Kier alpha value is -0.710. The second kappa shape index (κ2) is 2.04. The summed E-state index contributed by atoms with van der Waals surface area (Å²) in [5.41, 5.74) is 0. The number of thiol groups is 1. The molecule has 0 aromatic carbocycles. The van der Waals surface area contributed by atoms with Crippen molar-refractivity contribution in [3.8, 4) is 0 Å². The van der Waals surface area contributed by atoms with Gasteiger partial charge in [0.05, 0.1) is 0 Å². The fourth-order valence-electron chi connectivity index (χ4n) is 0.330. The van der Waals surface area contributed by atoms with Gasteiger partial charge in [0.25, 0.3) is 0 Å². The molecule has 0 saturated heterocycles. The first-order valence-electron chi connectivity index (χ1n) is 1.98. The molecular formula is C3H5N3OS. The molecule has 5 heteroatoms. The van der Waals surface area contributed by atoms with Crippen molar-refractivity contribution in [1.29, 1.82) is 0 Å². The highest BCUT2D eigenvalue weighted by atomic mass is 32.1. The third-order valence-electron chi connectivity index (χ3n) is 0.648. The SMILES string of the molecule is COn1cc(S)nn1. The monoisotopic (exact) mass is 131 g/mol. The summed E-state index contributed by atoms with van der Waals surface area (Å²) in [7, 11) is 1.50. The van der Waals surface area contributed by atoms with Gasteiger partial charge in [-0.3, -0.25) is 0 Å². The third-order valence-corrected chi connectivity index (χ3v) is 0.853. The second-order valence-corrected chi connectivity index (χ2v) is 1.62. The van der Waals surface area contributed by atoms with Crippen molar-refractivity contribution in [2.75, 3.05) is 7.11 Å². The maximum atomic E-state index is 4.63. The Morgan fingerprint density at radius 3 is 2.88 bits per heavy atom. The summed E-state index contributed by atoms with van der Waals surface area (Å²) < 4.78 is 0. The number of hydrogen-bond donors (Lipinski definition) is 1. The minimum Gasteiger partial charge on any atom is -0.399 e. The summed E-state index contributed by atoms with van der Waals surface area (Å²) in [5.74, 6) is 0. The van der Waals surface area contributed by atoms with Gasteiger partial charge in [0.15, 0.2) is 0 Å². The molecule has 0 radical (unpaired) electrons. The van der Waals surface area contributed by atoms with Crippen molar-refractivity contribution in [2.45, 2.75) is 5.03 Å². The standard InChI is InChI=1S/C3H5N3OS/c1-7-6-2-3(8)4-5-6/h2,8H,1H3. The molecular weight excluding hydrogens is 126 g/mol. The van der Waals surface area contributed by atoms with E-state index < -0.39 is 0 Å². The van der Waals surface area contributed by atoms with Crippen molar-refractivity contribution in [1.82, 2.24) is 15.2 Å². The van der Waals surface area contributed by atoms with Crippen LogP contribution in [0.4, 0.5) is 0 Å². The molecule has 0 atom stereocenters. The predicted molar refractivity (Wildman–Crippen MR) is 29.8 cm³/mol. The minimum absolute atomic E-state index is 0.548. The number of rotatable bonds is 1. The summed E-state index contributed by atoms with van der Waals surface area (Å²) in [6.45, 7) is 0. The summed E-state index contributed by atoms with van der Waals surface area (Å²) in [4.78, 5) is 5.85. The zero-order chi connectivity index (χ0) is 5.98. The highest BCUT2D eigenvalue weighted by Gasteiger charge is 1.90. The minimum atomic E-state index is 0.548. The van der Waals surface area contributed by atoms with Gasteiger partial charge in [-0.15, -0.1) is 17.7 Å². The second-order valence-electron chi connectivity index (χ2n) is 1.16. The van der Waals surface area contributed by atoms with Crippen molar-refractivity contribution in [3.63, 3.8) is 0 Å². The summed E-state index contributed by atoms with van der Waals surface area (Å²) in [5, 5.41) is 7.59. The number of aromatic nitrogens is 3. The van der Waals surface area contributed by atoms with Gasteiger partial charge < -0.3 is 4.84 Å². The van der Waals surface area contributed by atoms with Crippen LogP contribution < -0.4 is 4.84 Å². The lowest BCUT2D eigenvalue weighted by Gasteiger charge is -1.89. The molecule has 0 unspecified atom stereocenters. The molecule has 0 aliphatic carbocycles. The Kier molecular flexibility index (Phi) is 1.38. The van der Waals surface area contributed by atoms with Crippen molar-refractivity contribution in [2.24, 2.45) is 0 Å². The zero-order valence-electron chi connectivity index (χ0n) is 4.27. The molecule has 0 aliphatic rings. The Morgan fingerprint density at radius 2 is 2.62 bits per heavy atom. The van der Waals surface area contributed by atoms with Gasteiger partial charge in [0.1, 0.15) is 18.3 Å². The van der Waals surface area contributed by atoms with Crippen LogP contribution in [0, 0.1) is 0 Å². The van der Waals surface area contributed by atoms with E-state index >= 15 is 0 Å². The first kappa shape index (κ1) is 5.43. The van der Waals surface area contributed by atoms with E-state index in [4.69, 9.17) is 0 Å². The van der Waals surface area contributed by atoms with Crippen LogP contribution in [0.1, 0.15) is 0 Å². The Morgan fingerprint density at radius 1 is 1.88 bits per heavy atom. The fourth-order valence-corrected chi connectivity index (χ4v) is 0.468. The summed E-state index contributed by atoms with van der Waals surface area (Å²) >= 11 is 3.88. The van der Waals surface area contributed by atoms with Crippen LogP contribution in [0.2, 0.25) is 0 Å². The van der Waals surface area contributed by atoms with Gasteiger partial charge >= 0.3 is 0 Å². The topological polar surface area (TPSA) is 39.9 Å². The van der Waals surface area contributed by atoms with Crippen LogP contribution in [0.15, 0.2) is 11.2 Å². The van der Waals surface area contributed by atoms with Crippen LogP contribution >= 0.6 is 12.6 Å². The average molecular weight is 131 g/mol.